The van der Waals surface area contributed by atoms with E-state index < -0.39 is 14.3 Å². The van der Waals surface area contributed by atoms with Gasteiger partial charge >= 0.3 is 0 Å². The second-order valence-corrected chi connectivity index (χ2v) is 21.4. The summed E-state index contributed by atoms with van der Waals surface area (Å²) < 4.78 is 40.7. The molecule has 0 fully saturated rings. The number of rotatable bonds is 14. The molecule has 7 heteroatoms. The van der Waals surface area contributed by atoms with Crippen LogP contribution in [-0.4, -0.2) is 0 Å². The Bertz CT molecular complexity index is 2920. The number of hydrogen-bond acceptors (Lipinski definition) is 5. The minimum absolute atomic E-state index is 0.380. The summed E-state index contributed by atoms with van der Waals surface area (Å²) in [4.78, 5) is 4.32. The fourth-order valence-corrected chi connectivity index (χ4v) is 14.2. The SMILES string of the molecule is O=P(c1ccccc1)(c1ccccc1)c1cc(N(c2ccccc2)c2ccccc2)ccc1Oc1ccc(N(c2ccccc2)c2ccccc2)cc1P(=O)(c1ccccc1)c1ccccc1. The van der Waals surface area contributed by atoms with Crippen LogP contribution >= 0.6 is 14.3 Å². The van der Waals surface area contributed by atoms with E-state index in [1.54, 1.807) is 0 Å². The first-order chi connectivity index (χ1) is 33.0. The molecule has 0 bridgehead atoms. The highest BCUT2D eigenvalue weighted by Gasteiger charge is 2.37. The summed E-state index contributed by atoms with van der Waals surface area (Å²) in [7, 11) is -7.41. The number of nitrogens with zero attached hydrogens (tertiary/aromatic N) is 2. The van der Waals surface area contributed by atoms with E-state index in [1.165, 1.54) is 0 Å². The number of para-hydroxylation sites is 4. The summed E-state index contributed by atoms with van der Waals surface area (Å²) in [5, 5.41) is 3.63. The number of hydrogen-bond donors (Lipinski definition) is 0. The van der Waals surface area contributed by atoms with Gasteiger partial charge in [0.1, 0.15) is 11.5 Å². The molecule has 324 valence electrons. The van der Waals surface area contributed by atoms with Crippen LogP contribution < -0.4 is 46.4 Å². The van der Waals surface area contributed by atoms with Gasteiger partial charge in [0.05, 0.1) is 10.6 Å². The Hall–Kier alpha value is -7.94. The molecule has 10 aromatic rings. The first-order valence-electron chi connectivity index (χ1n) is 22.2. The van der Waals surface area contributed by atoms with Gasteiger partial charge in [0.2, 0.25) is 0 Å². The zero-order chi connectivity index (χ0) is 45.5. The molecule has 0 spiro atoms. The Labute approximate surface area is 392 Å². The van der Waals surface area contributed by atoms with E-state index in [1.807, 2.05) is 231 Å². The van der Waals surface area contributed by atoms with Crippen molar-refractivity contribution in [2.45, 2.75) is 0 Å². The molecular weight excluding hydrogens is 859 g/mol. The summed E-state index contributed by atoms with van der Waals surface area (Å²) >= 11 is 0. The van der Waals surface area contributed by atoms with Gasteiger partial charge in [0.25, 0.3) is 0 Å². The standard InChI is InChI=1S/C60H46N2O3P2/c63-66(53-33-17-5-18-34-53,54-35-19-6-20-36-54)59-45-51(61(47-25-9-1-10-26-47)48-27-11-2-12-28-48)41-43-57(59)65-58-44-42-52(62(49-29-13-3-14-30-49)50-31-15-4-16-32-50)46-60(58)67(64,55-37-21-7-22-38-55)56-39-23-8-24-40-56/h1-46H. The van der Waals surface area contributed by atoms with Crippen LogP contribution in [0.1, 0.15) is 0 Å². The summed E-state index contributed by atoms with van der Waals surface area (Å²) in [6.45, 7) is 0. The average Bonchev–Trinajstić information content (AvgIpc) is 3.41. The lowest BCUT2D eigenvalue weighted by Crippen LogP contribution is -2.28. The molecule has 0 saturated carbocycles. The average molecular weight is 905 g/mol. The lowest BCUT2D eigenvalue weighted by molar-refractivity contribution is 0.489. The van der Waals surface area contributed by atoms with Crippen LogP contribution in [0.5, 0.6) is 11.5 Å². The lowest BCUT2D eigenvalue weighted by atomic mass is 10.2. The summed E-state index contributed by atoms with van der Waals surface area (Å²) in [6.07, 6.45) is 0. The van der Waals surface area contributed by atoms with Crippen LogP contribution in [0.25, 0.3) is 0 Å². The minimum Gasteiger partial charge on any atom is -0.456 e. The molecule has 5 nitrogen and oxygen atoms in total. The lowest BCUT2D eigenvalue weighted by Gasteiger charge is -2.30. The first kappa shape index (κ1) is 43.0. The molecule has 0 unspecified atom stereocenters. The van der Waals surface area contributed by atoms with E-state index in [9.17, 15) is 0 Å². The maximum absolute atomic E-state index is 16.7. The van der Waals surface area contributed by atoms with Crippen molar-refractivity contribution in [3.8, 4) is 11.5 Å². The third-order valence-electron chi connectivity index (χ3n) is 11.8. The predicted molar refractivity (Wildman–Crippen MR) is 281 cm³/mol. The maximum atomic E-state index is 16.7. The number of ether oxygens (including phenoxy) is 1. The molecule has 10 rings (SSSR count). The molecule has 0 radical (unpaired) electrons. The van der Waals surface area contributed by atoms with Crippen molar-refractivity contribution in [2.24, 2.45) is 0 Å². The largest absolute Gasteiger partial charge is 0.456 e. The van der Waals surface area contributed by atoms with E-state index in [0.717, 1.165) is 34.1 Å². The van der Waals surface area contributed by atoms with E-state index in [4.69, 9.17) is 4.74 Å². The molecule has 0 aromatic heterocycles. The molecule has 67 heavy (non-hydrogen) atoms. The Morgan fingerprint density at radius 3 is 0.716 bits per heavy atom. The topological polar surface area (TPSA) is 49.9 Å². The van der Waals surface area contributed by atoms with E-state index >= 15 is 9.13 Å². The van der Waals surface area contributed by atoms with Crippen molar-refractivity contribution in [2.75, 3.05) is 9.80 Å². The first-order valence-corrected chi connectivity index (χ1v) is 25.6. The Kier molecular flexibility index (Phi) is 12.4. The molecule has 0 N–H and O–H groups in total. The molecule has 10 aromatic carbocycles. The molecular formula is C60H46N2O3P2. The van der Waals surface area contributed by atoms with Crippen LogP contribution in [0.2, 0.25) is 0 Å². The van der Waals surface area contributed by atoms with Crippen LogP contribution in [0.15, 0.2) is 279 Å². The van der Waals surface area contributed by atoms with Gasteiger partial charge in [0.15, 0.2) is 14.3 Å². The molecule has 0 aliphatic rings. The van der Waals surface area contributed by atoms with Crippen molar-refractivity contribution >= 4 is 80.2 Å². The van der Waals surface area contributed by atoms with Crippen molar-refractivity contribution in [3.05, 3.63) is 279 Å². The Morgan fingerprint density at radius 1 is 0.254 bits per heavy atom. The number of anilines is 6. The highest BCUT2D eigenvalue weighted by molar-refractivity contribution is 7.86. The van der Waals surface area contributed by atoms with Gasteiger partial charge in [-0.1, -0.05) is 194 Å². The van der Waals surface area contributed by atoms with Crippen molar-refractivity contribution < 1.29 is 13.9 Å². The third kappa shape index (κ3) is 8.55. The quantitative estimate of drug-likeness (QED) is 0.102. The van der Waals surface area contributed by atoms with Crippen LogP contribution in [0.4, 0.5) is 34.1 Å². The van der Waals surface area contributed by atoms with E-state index in [2.05, 4.69) is 58.3 Å². The highest BCUT2D eigenvalue weighted by Crippen LogP contribution is 2.51. The minimum atomic E-state index is -3.71. The smallest absolute Gasteiger partial charge is 0.174 e. The zero-order valence-electron chi connectivity index (χ0n) is 36.6. The molecule has 0 saturated heterocycles. The Balaban J connectivity index is 1.25. The van der Waals surface area contributed by atoms with Gasteiger partial charge in [0, 0.05) is 55.3 Å². The second-order valence-electron chi connectivity index (χ2n) is 16.0. The molecule has 0 aliphatic heterocycles. The molecule has 0 heterocycles. The van der Waals surface area contributed by atoms with Gasteiger partial charge in [-0.3, -0.25) is 0 Å². The predicted octanol–water partition coefficient (Wildman–Crippen LogP) is 13.7. The van der Waals surface area contributed by atoms with Crippen molar-refractivity contribution in [1.82, 2.24) is 0 Å². The van der Waals surface area contributed by atoms with Crippen molar-refractivity contribution in [1.29, 1.82) is 0 Å². The summed E-state index contributed by atoms with van der Waals surface area (Å²) in [5.74, 6) is 0.760. The second kappa shape index (κ2) is 19.3. The zero-order valence-corrected chi connectivity index (χ0v) is 38.4. The molecule has 0 aliphatic carbocycles. The Morgan fingerprint density at radius 2 is 0.478 bits per heavy atom. The van der Waals surface area contributed by atoms with Crippen LogP contribution in [-0.2, 0) is 9.13 Å². The van der Waals surface area contributed by atoms with Crippen molar-refractivity contribution in [3.63, 3.8) is 0 Å². The van der Waals surface area contributed by atoms with Gasteiger partial charge < -0.3 is 23.7 Å². The fourth-order valence-electron chi connectivity index (χ4n) is 8.68. The highest BCUT2D eigenvalue weighted by atomic mass is 31.2. The van der Waals surface area contributed by atoms with E-state index in [0.29, 0.717) is 43.3 Å². The molecule has 0 amide bonds. The normalized spacial score (nSPS) is 11.4. The third-order valence-corrected chi connectivity index (χ3v) is 18.0. The summed E-state index contributed by atoms with van der Waals surface area (Å²) in [5.41, 5.74) is 5.34. The monoisotopic (exact) mass is 904 g/mol. The fraction of sp³-hybridized carbons (Fsp3) is 0. The number of benzene rings is 10. The van der Waals surface area contributed by atoms with Gasteiger partial charge in [-0.15, -0.1) is 0 Å². The van der Waals surface area contributed by atoms with Gasteiger partial charge in [-0.25, -0.2) is 0 Å². The van der Waals surface area contributed by atoms with Crippen LogP contribution in [0.3, 0.4) is 0 Å². The van der Waals surface area contributed by atoms with Gasteiger partial charge in [-0.05, 0) is 84.9 Å². The van der Waals surface area contributed by atoms with Crippen LogP contribution in [0, 0.1) is 0 Å². The van der Waals surface area contributed by atoms with Gasteiger partial charge in [-0.2, -0.15) is 0 Å². The maximum Gasteiger partial charge on any atom is 0.174 e. The summed E-state index contributed by atoms with van der Waals surface area (Å²) in [6, 6.07) is 91.1. The van der Waals surface area contributed by atoms with E-state index in [-0.39, 0.29) is 0 Å². The molecule has 0 atom stereocenters.